The lowest BCUT2D eigenvalue weighted by atomic mass is 9.97. The number of aryl methyl sites for hydroxylation is 1. The van der Waals surface area contributed by atoms with Gasteiger partial charge in [0.1, 0.15) is 0 Å². The third-order valence-electron chi connectivity index (χ3n) is 4.70. The quantitative estimate of drug-likeness (QED) is 0.754. The topological polar surface area (TPSA) is 87.0 Å². The predicted molar refractivity (Wildman–Crippen MR) is 94.4 cm³/mol. The van der Waals surface area contributed by atoms with Crippen LogP contribution in [0.2, 0.25) is 0 Å². The zero-order valence-corrected chi connectivity index (χ0v) is 14.1. The van der Waals surface area contributed by atoms with E-state index >= 15 is 0 Å². The van der Waals surface area contributed by atoms with E-state index in [0.717, 1.165) is 50.4 Å². The van der Waals surface area contributed by atoms with Gasteiger partial charge < -0.3 is 16.0 Å². The first kappa shape index (κ1) is 16.5. The molecule has 0 bridgehead atoms. The molecule has 4 N–H and O–H groups in total. The van der Waals surface area contributed by atoms with E-state index in [1.54, 1.807) is 0 Å². The summed E-state index contributed by atoms with van der Waals surface area (Å²) in [4.78, 5) is 13.7. The van der Waals surface area contributed by atoms with Crippen molar-refractivity contribution >= 4 is 11.6 Å². The molecule has 1 aromatic carbocycles. The van der Waals surface area contributed by atoms with Crippen LogP contribution in [0.15, 0.2) is 30.5 Å². The van der Waals surface area contributed by atoms with Crippen molar-refractivity contribution in [1.82, 2.24) is 15.5 Å². The first-order chi connectivity index (χ1) is 11.6. The van der Waals surface area contributed by atoms with Crippen molar-refractivity contribution in [2.75, 3.05) is 18.0 Å². The SMILES string of the molecule is Cc1[nH]ncc1CNCc1ccc(N2CCCC(C(N)=O)C2)cc1. The Balaban J connectivity index is 1.53. The lowest BCUT2D eigenvalue weighted by Gasteiger charge is -2.33. The van der Waals surface area contributed by atoms with Crippen LogP contribution < -0.4 is 16.0 Å². The number of benzene rings is 1. The van der Waals surface area contributed by atoms with Crippen LogP contribution in [-0.4, -0.2) is 29.2 Å². The van der Waals surface area contributed by atoms with Crippen LogP contribution in [0, 0.1) is 12.8 Å². The van der Waals surface area contributed by atoms with Crippen molar-refractivity contribution in [3.05, 3.63) is 47.3 Å². The summed E-state index contributed by atoms with van der Waals surface area (Å²) in [5, 5.41) is 10.4. The Morgan fingerprint density at radius 1 is 1.38 bits per heavy atom. The summed E-state index contributed by atoms with van der Waals surface area (Å²) in [5.41, 5.74) is 10.2. The van der Waals surface area contributed by atoms with Gasteiger partial charge in [-0.2, -0.15) is 5.10 Å². The molecule has 6 nitrogen and oxygen atoms in total. The molecule has 1 aromatic heterocycles. The van der Waals surface area contributed by atoms with Gasteiger partial charge in [-0.3, -0.25) is 9.89 Å². The van der Waals surface area contributed by atoms with Crippen LogP contribution in [0.4, 0.5) is 5.69 Å². The normalized spacial score (nSPS) is 17.9. The maximum Gasteiger partial charge on any atom is 0.222 e. The van der Waals surface area contributed by atoms with Gasteiger partial charge in [0.15, 0.2) is 0 Å². The molecule has 0 saturated carbocycles. The van der Waals surface area contributed by atoms with Crippen LogP contribution in [0.25, 0.3) is 0 Å². The number of aromatic amines is 1. The number of nitrogens with one attached hydrogen (secondary N) is 2. The number of nitrogens with zero attached hydrogens (tertiary/aromatic N) is 2. The summed E-state index contributed by atoms with van der Waals surface area (Å²) in [7, 11) is 0. The fraction of sp³-hybridized carbons (Fsp3) is 0.444. The molecule has 1 atom stereocenters. The van der Waals surface area contributed by atoms with Gasteiger partial charge in [-0.25, -0.2) is 0 Å². The Morgan fingerprint density at radius 3 is 2.83 bits per heavy atom. The summed E-state index contributed by atoms with van der Waals surface area (Å²) >= 11 is 0. The van der Waals surface area contributed by atoms with E-state index in [0.29, 0.717) is 0 Å². The van der Waals surface area contributed by atoms with Gasteiger partial charge in [0, 0.05) is 43.1 Å². The van der Waals surface area contributed by atoms with Crippen molar-refractivity contribution in [3.63, 3.8) is 0 Å². The smallest absolute Gasteiger partial charge is 0.222 e. The molecule has 1 saturated heterocycles. The zero-order valence-electron chi connectivity index (χ0n) is 14.1. The number of carbonyl (C=O) groups is 1. The van der Waals surface area contributed by atoms with Crippen molar-refractivity contribution < 1.29 is 4.79 Å². The summed E-state index contributed by atoms with van der Waals surface area (Å²) in [5.74, 6) is -0.214. The first-order valence-corrected chi connectivity index (χ1v) is 8.46. The molecule has 1 aliphatic heterocycles. The molecule has 1 unspecified atom stereocenters. The third-order valence-corrected chi connectivity index (χ3v) is 4.70. The number of anilines is 1. The second kappa shape index (κ2) is 7.49. The number of rotatable bonds is 6. The fourth-order valence-electron chi connectivity index (χ4n) is 3.16. The largest absolute Gasteiger partial charge is 0.371 e. The minimum absolute atomic E-state index is 0.0294. The predicted octanol–water partition coefficient (Wildman–Crippen LogP) is 1.71. The third kappa shape index (κ3) is 3.94. The van der Waals surface area contributed by atoms with Crippen LogP contribution in [0.1, 0.15) is 29.7 Å². The number of hydrogen-bond donors (Lipinski definition) is 3. The van der Waals surface area contributed by atoms with Gasteiger partial charge in [-0.1, -0.05) is 12.1 Å². The van der Waals surface area contributed by atoms with Gasteiger partial charge in [0.2, 0.25) is 5.91 Å². The van der Waals surface area contributed by atoms with Gasteiger partial charge >= 0.3 is 0 Å². The van der Waals surface area contributed by atoms with Crippen molar-refractivity contribution in [2.45, 2.75) is 32.9 Å². The number of primary amides is 1. The molecule has 6 heteroatoms. The van der Waals surface area contributed by atoms with Gasteiger partial charge in [0.25, 0.3) is 0 Å². The minimum atomic E-state index is -0.185. The van der Waals surface area contributed by atoms with Crippen molar-refractivity contribution in [1.29, 1.82) is 0 Å². The molecule has 1 amide bonds. The molecule has 3 rings (SSSR count). The van der Waals surface area contributed by atoms with E-state index < -0.39 is 0 Å². The molecular formula is C18H25N5O. The number of aromatic nitrogens is 2. The lowest BCUT2D eigenvalue weighted by molar-refractivity contribution is -0.122. The van der Waals surface area contributed by atoms with Gasteiger partial charge in [0.05, 0.1) is 12.1 Å². The van der Waals surface area contributed by atoms with Crippen LogP contribution >= 0.6 is 0 Å². The molecular weight excluding hydrogens is 302 g/mol. The van der Waals surface area contributed by atoms with Gasteiger partial charge in [-0.15, -0.1) is 0 Å². The number of piperidine rings is 1. The maximum absolute atomic E-state index is 11.4. The van der Waals surface area contributed by atoms with E-state index in [2.05, 4.69) is 44.7 Å². The van der Waals surface area contributed by atoms with E-state index in [9.17, 15) is 4.79 Å². The summed E-state index contributed by atoms with van der Waals surface area (Å²) in [6.45, 7) is 5.36. The highest BCUT2D eigenvalue weighted by Gasteiger charge is 2.23. The number of amides is 1. The standard InChI is InChI=1S/C18H25N5O/c1-13-16(11-21-22-13)10-20-9-14-4-6-17(7-5-14)23-8-2-3-15(12-23)18(19)24/h4-7,11,15,20H,2-3,8-10,12H2,1H3,(H2,19,24)(H,21,22). The molecule has 0 radical (unpaired) electrons. The summed E-state index contributed by atoms with van der Waals surface area (Å²) in [6, 6.07) is 8.53. The molecule has 128 valence electrons. The first-order valence-electron chi connectivity index (χ1n) is 8.46. The average molecular weight is 327 g/mol. The Kier molecular flexibility index (Phi) is 5.15. The number of nitrogens with two attached hydrogens (primary N) is 1. The number of H-pyrrole nitrogens is 1. The zero-order chi connectivity index (χ0) is 16.9. The number of hydrogen-bond acceptors (Lipinski definition) is 4. The lowest BCUT2D eigenvalue weighted by Crippen LogP contribution is -2.41. The second-order valence-electron chi connectivity index (χ2n) is 6.48. The van der Waals surface area contributed by atoms with Crippen LogP contribution in [0.3, 0.4) is 0 Å². The van der Waals surface area contributed by atoms with Crippen LogP contribution in [0.5, 0.6) is 0 Å². The van der Waals surface area contributed by atoms with E-state index in [-0.39, 0.29) is 11.8 Å². The van der Waals surface area contributed by atoms with E-state index in [1.807, 2.05) is 13.1 Å². The molecule has 0 aliphatic carbocycles. The van der Waals surface area contributed by atoms with Gasteiger partial charge in [-0.05, 0) is 37.5 Å². The molecule has 1 aliphatic rings. The fourth-order valence-corrected chi connectivity index (χ4v) is 3.16. The molecule has 1 fully saturated rings. The maximum atomic E-state index is 11.4. The average Bonchev–Trinajstić information content (AvgIpc) is 3.01. The summed E-state index contributed by atoms with van der Waals surface area (Å²) in [6.07, 6.45) is 3.78. The second-order valence-corrected chi connectivity index (χ2v) is 6.48. The highest BCUT2D eigenvalue weighted by atomic mass is 16.1. The highest BCUT2D eigenvalue weighted by Crippen LogP contribution is 2.23. The van der Waals surface area contributed by atoms with E-state index in [1.165, 1.54) is 11.1 Å². The summed E-state index contributed by atoms with van der Waals surface area (Å²) < 4.78 is 0. The minimum Gasteiger partial charge on any atom is -0.371 e. The highest BCUT2D eigenvalue weighted by molar-refractivity contribution is 5.77. The molecule has 2 aromatic rings. The van der Waals surface area contributed by atoms with Crippen molar-refractivity contribution in [3.8, 4) is 0 Å². The molecule has 0 spiro atoms. The Hall–Kier alpha value is -2.34. The van der Waals surface area contributed by atoms with E-state index in [4.69, 9.17) is 5.73 Å². The Morgan fingerprint density at radius 2 is 2.17 bits per heavy atom. The van der Waals surface area contributed by atoms with Crippen LogP contribution in [-0.2, 0) is 17.9 Å². The Labute approximate surface area is 142 Å². The monoisotopic (exact) mass is 327 g/mol. The number of carbonyl (C=O) groups excluding carboxylic acids is 1. The Bertz CT molecular complexity index is 679. The van der Waals surface area contributed by atoms with Crippen molar-refractivity contribution in [2.24, 2.45) is 11.7 Å². The molecule has 24 heavy (non-hydrogen) atoms. The molecule has 2 heterocycles.